The number of amides is 1. The van der Waals surface area contributed by atoms with Gasteiger partial charge in [0.05, 0.1) is 6.04 Å². The van der Waals surface area contributed by atoms with E-state index in [0.29, 0.717) is 24.4 Å². The van der Waals surface area contributed by atoms with Gasteiger partial charge in [-0.1, -0.05) is 24.3 Å². The molecule has 2 heterocycles. The summed E-state index contributed by atoms with van der Waals surface area (Å²) in [5.41, 5.74) is 1.46. The lowest BCUT2D eigenvalue weighted by molar-refractivity contribution is -0.139. The van der Waals surface area contributed by atoms with Gasteiger partial charge in [-0.3, -0.25) is 9.59 Å². The van der Waals surface area contributed by atoms with Gasteiger partial charge in [0.2, 0.25) is 11.7 Å². The van der Waals surface area contributed by atoms with Crippen LogP contribution in [0.15, 0.2) is 54.7 Å². The predicted octanol–water partition coefficient (Wildman–Crippen LogP) is 3.73. The quantitative estimate of drug-likeness (QED) is 0.386. The molecule has 1 aliphatic carbocycles. The number of carbonyl (C=O) groups is 2. The molecular weight excluding hydrogens is 473 g/mol. The summed E-state index contributed by atoms with van der Waals surface area (Å²) in [5, 5.41) is 15.6. The van der Waals surface area contributed by atoms with Crippen LogP contribution in [-0.2, 0) is 16.0 Å². The number of benzene rings is 2. The van der Waals surface area contributed by atoms with Crippen LogP contribution < -0.4 is 10.1 Å². The summed E-state index contributed by atoms with van der Waals surface area (Å²) in [5.74, 6) is -1.01. The standard InChI is InChI=1S/C29H32FN3O4/c30-23-8-6-20-15-19(3-5-21(20)16-23)4-11-26(34)29(36)32-25(18-33-13-1-2-14-33)28(35)22-7-12-27(31-17-22)37-24-9-10-24/h3,5-8,12,15-17,24-25,28,35H,1-2,4,9-11,13-14,18H2,(H,32,36). The smallest absolute Gasteiger partial charge is 0.287 e. The number of likely N-dealkylation sites (tertiary alicyclic amines) is 1. The Morgan fingerprint density at radius 2 is 1.84 bits per heavy atom. The molecule has 5 rings (SSSR count). The molecule has 1 aromatic heterocycles. The van der Waals surface area contributed by atoms with Crippen molar-refractivity contribution < 1.29 is 23.8 Å². The Kier molecular flexibility index (Phi) is 7.76. The number of halogens is 1. The van der Waals surface area contributed by atoms with E-state index in [2.05, 4.69) is 15.2 Å². The molecule has 1 saturated heterocycles. The minimum Gasteiger partial charge on any atom is -0.474 e. The molecule has 3 aromatic rings. The Morgan fingerprint density at radius 3 is 2.57 bits per heavy atom. The Bertz CT molecular complexity index is 1260. The average molecular weight is 506 g/mol. The molecule has 2 aliphatic rings. The van der Waals surface area contributed by atoms with E-state index in [4.69, 9.17) is 4.74 Å². The molecule has 8 heteroatoms. The highest BCUT2D eigenvalue weighted by Crippen LogP contribution is 2.27. The first-order valence-electron chi connectivity index (χ1n) is 13.0. The number of pyridine rings is 1. The van der Waals surface area contributed by atoms with Gasteiger partial charge in [-0.25, -0.2) is 9.37 Å². The first kappa shape index (κ1) is 25.3. The molecule has 194 valence electrons. The fourth-order valence-electron chi connectivity index (χ4n) is 4.73. The normalized spacial score (nSPS) is 17.5. The molecule has 1 aliphatic heterocycles. The summed E-state index contributed by atoms with van der Waals surface area (Å²) >= 11 is 0. The summed E-state index contributed by atoms with van der Waals surface area (Å²) in [6.07, 6.45) is 5.43. The van der Waals surface area contributed by atoms with Gasteiger partial charge < -0.3 is 20.1 Å². The number of nitrogens with one attached hydrogen (secondary N) is 1. The first-order chi connectivity index (χ1) is 17.9. The van der Waals surface area contributed by atoms with Crippen molar-refractivity contribution in [3.05, 3.63) is 71.7 Å². The van der Waals surface area contributed by atoms with Crippen molar-refractivity contribution in [2.75, 3.05) is 19.6 Å². The Balaban J connectivity index is 1.21. The highest BCUT2D eigenvalue weighted by molar-refractivity contribution is 6.36. The second-order valence-electron chi connectivity index (χ2n) is 10.0. The highest BCUT2D eigenvalue weighted by Gasteiger charge is 2.29. The van der Waals surface area contributed by atoms with E-state index in [1.54, 1.807) is 24.4 Å². The van der Waals surface area contributed by atoms with Gasteiger partial charge in [0, 0.05) is 30.8 Å². The molecule has 37 heavy (non-hydrogen) atoms. The number of rotatable bonds is 11. The third kappa shape index (κ3) is 6.70. The van der Waals surface area contributed by atoms with Gasteiger partial charge in [-0.05, 0) is 79.7 Å². The number of carbonyl (C=O) groups excluding carboxylic acids is 2. The number of hydrogen-bond acceptors (Lipinski definition) is 6. The largest absolute Gasteiger partial charge is 0.474 e. The summed E-state index contributed by atoms with van der Waals surface area (Å²) in [4.78, 5) is 32.1. The van der Waals surface area contributed by atoms with Crippen LogP contribution in [-0.4, -0.2) is 58.5 Å². The number of nitrogens with zero attached hydrogens (tertiary/aromatic N) is 2. The molecule has 2 fully saturated rings. The molecule has 1 saturated carbocycles. The summed E-state index contributed by atoms with van der Waals surface area (Å²) < 4.78 is 19.1. The van der Waals surface area contributed by atoms with Crippen molar-refractivity contribution in [3.8, 4) is 5.88 Å². The lowest BCUT2D eigenvalue weighted by Gasteiger charge is -2.28. The second-order valence-corrected chi connectivity index (χ2v) is 10.0. The van der Waals surface area contributed by atoms with Crippen molar-refractivity contribution in [1.29, 1.82) is 0 Å². The van der Waals surface area contributed by atoms with Crippen LogP contribution in [0.25, 0.3) is 10.8 Å². The van der Waals surface area contributed by atoms with Crippen molar-refractivity contribution in [2.45, 2.75) is 56.8 Å². The van der Waals surface area contributed by atoms with Crippen molar-refractivity contribution in [3.63, 3.8) is 0 Å². The molecule has 0 bridgehead atoms. The summed E-state index contributed by atoms with van der Waals surface area (Å²) in [6, 6.07) is 13.0. The van der Waals surface area contributed by atoms with Crippen molar-refractivity contribution >= 4 is 22.5 Å². The molecule has 1 amide bonds. The number of hydrogen-bond donors (Lipinski definition) is 2. The number of Topliss-reactive ketones (excluding diaryl/α,β-unsaturated/α-hetero) is 1. The van der Waals surface area contributed by atoms with Crippen LogP contribution in [0.3, 0.4) is 0 Å². The van der Waals surface area contributed by atoms with E-state index in [9.17, 15) is 19.1 Å². The molecular formula is C29H32FN3O4. The minimum absolute atomic E-state index is 0.0415. The fraction of sp³-hybridized carbons (Fsp3) is 0.414. The zero-order valence-corrected chi connectivity index (χ0v) is 20.7. The van der Waals surface area contributed by atoms with Crippen LogP contribution in [0.5, 0.6) is 5.88 Å². The molecule has 0 radical (unpaired) electrons. The van der Waals surface area contributed by atoms with Crippen molar-refractivity contribution in [2.24, 2.45) is 0 Å². The minimum atomic E-state index is -1.01. The Labute approximate surface area is 215 Å². The number of aliphatic hydroxyl groups excluding tert-OH is 1. The van der Waals surface area contributed by atoms with Gasteiger partial charge >= 0.3 is 0 Å². The number of ketones is 1. The topological polar surface area (TPSA) is 91.8 Å². The monoisotopic (exact) mass is 505 g/mol. The maximum Gasteiger partial charge on any atom is 0.287 e. The SMILES string of the molecule is O=C(CCc1ccc2cc(F)ccc2c1)C(=O)NC(CN1CCCC1)C(O)c1ccc(OC2CC2)nc1. The number of aryl methyl sites for hydroxylation is 1. The number of ether oxygens (including phenoxy) is 1. The Hall–Kier alpha value is -3.36. The third-order valence-corrected chi connectivity index (χ3v) is 7.02. The van der Waals surface area contributed by atoms with Crippen molar-refractivity contribution in [1.82, 2.24) is 15.2 Å². The number of fused-ring (bicyclic) bond motifs is 1. The van der Waals surface area contributed by atoms with Gasteiger partial charge in [-0.2, -0.15) is 0 Å². The molecule has 2 unspecified atom stereocenters. The van der Waals surface area contributed by atoms with Crippen LogP contribution in [0.4, 0.5) is 4.39 Å². The maximum atomic E-state index is 13.4. The average Bonchev–Trinajstić information content (AvgIpc) is 3.57. The lowest BCUT2D eigenvalue weighted by Crippen LogP contribution is -2.48. The highest BCUT2D eigenvalue weighted by atomic mass is 19.1. The first-order valence-corrected chi connectivity index (χ1v) is 13.0. The number of aromatic nitrogens is 1. The van der Waals surface area contributed by atoms with Crippen LogP contribution in [0.1, 0.15) is 49.3 Å². The summed E-state index contributed by atoms with van der Waals surface area (Å²) in [6.45, 7) is 2.23. The molecule has 2 aromatic carbocycles. The summed E-state index contributed by atoms with van der Waals surface area (Å²) in [7, 11) is 0. The third-order valence-electron chi connectivity index (χ3n) is 7.02. The molecule has 2 N–H and O–H groups in total. The van der Waals surface area contributed by atoms with Gasteiger partial charge in [-0.15, -0.1) is 0 Å². The zero-order valence-electron chi connectivity index (χ0n) is 20.7. The van der Waals surface area contributed by atoms with E-state index >= 15 is 0 Å². The van der Waals surface area contributed by atoms with E-state index in [1.165, 1.54) is 12.1 Å². The van der Waals surface area contributed by atoms with E-state index in [0.717, 1.165) is 55.1 Å². The second kappa shape index (κ2) is 11.4. The fourth-order valence-corrected chi connectivity index (χ4v) is 4.73. The molecule has 0 spiro atoms. The van der Waals surface area contributed by atoms with E-state index in [1.807, 2.05) is 18.2 Å². The van der Waals surface area contributed by atoms with Crippen LogP contribution in [0, 0.1) is 5.82 Å². The maximum absolute atomic E-state index is 13.4. The van der Waals surface area contributed by atoms with Gasteiger partial charge in [0.15, 0.2) is 0 Å². The van der Waals surface area contributed by atoms with E-state index < -0.39 is 23.8 Å². The van der Waals surface area contributed by atoms with E-state index in [-0.39, 0.29) is 18.3 Å². The van der Waals surface area contributed by atoms with Crippen LogP contribution >= 0.6 is 0 Å². The predicted molar refractivity (Wildman–Crippen MR) is 138 cm³/mol. The lowest BCUT2D eigenvalue weighted by atomic mass is 10.0. The van der Waals surface area contributed by atoms with Gasteiger partial charge in [0.1, 0.15) is 18.0 Å². The Morgan fingerprint density at radius 1 is 1.08 bits per heavy atom. The van der Waals surface area contributed by atoms with Gasteiger partial charge in [0.25, 0.3) is 5.91 Å². The molecule has 2 atom stereocenters. The molecule has 7 nitrogen and oxygen atoms in total. The number of aliphatic hydroxyl groups is 1. The zero-order chi connectivity index (χ0) is 25.8. The van der Waals surface area contributed by atoms with Crippen LogP contribution in [0.2, 0.25) is 0 Å².